The van der Waals surface area contributed by atoms with Gasteiger partial charge in [-0.25, -0.2) is 0 Å². The van der Waals surface area contributed by atoms with Crippen LogP contribution in [0.5, 0.6) is 5.75 Å². The molecule has 3 aromatic rings. The van der Waals surface area contributed by atoms with Crippen LogP contribution in [0.15, 0.2) is 32.1 Å². The van der Waals surface area contributed by atoms with Gasteiger partial charge in [-0.05, 0) is 30.7 Å². The molecule has 0 aliphatic rings. The van der Waals surface area contributed by atoms with E-state index in [1.807, 2.05) is 0 Å². The molecule has 0 aliphatic heterocycles. The fourth-order valence-corrected chi connectivity index (χ4v) is 3.04. The molecular weight excluding hydrogens is 470 g/mol. The topological polar surface area (TPSA) is 231 Å². The molecule has 15 nitrogen and oxygen atoms in total. The summed E-state index contributed by atoms with van der Waals surface area (Å²) >= 11 is 5.83. The van der Waals surface area contributed by atoms with Gasteiger partial charge in [-0.3, -0.25) is 14.4 Å². The lowest BCUT2D eigenvalue weighted by Gasteiger charge is -2.11. The standard InChI is InChI=1S/C15H16ClN9O6S/c1-6-10(12(28)25-22-6)24-23-9-5-7(32(29,30)31)4-8(11(9)27)18-15-20-13(16)19-14(21-15)17-2-3-26/h4-5,26-27H,2-3H2,1H3,(H2,22,25,28)(H,29,30,31)(H2,17,18,19,20,21). The molecule has 7 N–H and O–H groups in total. The Hall–Kier alpha value is -3.60. The smallest absolute Gasteiger partial charge is 0.294 e. The van der Waals surface area contributed by atoms with Gasteiger partial charge in [-0.1, -0.05) is 0 Å². The highest BCUT2D eigenvalue weighted by molar-refractivity contribution is 7.85. The molecule has 0 amide bonds. The second kappa shape index (κ2) is 9.27. The summed E-state index contributed by atoms with van der Waals surface area (Å²) in [6.45, 7) is 1.45. The van der Waals surface area contributed by atoms with Gasteiger partial charge in [-0.15, -0.1) is 10.2 Å². The minimum Gasteiger partial charge on any atom is -0.504 e. The number of aromatic amines is 2. The van der Waals surface area contributed by atoms with E-state index in [0.29, 0.717) is 5.69 Å². The van der Waals surface area contributed by atoms with Crippen LogP contribution in [0, 0.1) is 6.92 Å². The van der Waals surface area contributed by atoms with Crippen LogP contribution in [0.4, 0.5) is 29.0 Å². The molecule has 0 aliphatic carbocycles. The minimum absolute atomic E-state index is 0.00552. The van der Waals surface area contributed by atoms with Crippen LogP contribution in [-0.2, 0) is 10.1 Å². The number of benzene rings is 1. The average Bonchev–Trinajstić information content (AvgIpc) is 3.03. The number of azo groups is 1. The maximum Gasteiger partial charge on any atom is 0.294 e. The number of rotatable bonds is 8. The third kappa shape index (κ3) is 5.35. The number of hydrogen-bond acceptors (Lipinski definition) is 12. The van der Waals surface area contributed by atoms with Gasteiger partial charge in [0.05, 0.1) is 22.9 Å². The van der Waals surface area contributed by atoms with Gasteiger partial charge in [0, 0.05) is 6.54 Å². The molecule has 0 fully saturated rings. The van der Waals surface area contributed by atoms with Gasteiger partial charge >= 0.3 is 0 Å². The Morgan fingerprint density at radius 1 is 1.16 bits per heavy atom. The Kier molecular flexibility index (Phi) is 6.68. The molecular formula is C15H16ClN9O6S. The van der Waals surface area contributed by atoms with E-state index in [0.717, 1.165) is 12.1 Å². The van der Waals surface area contributed by atoms with Gasteiger partial charge in [0.1, 0.15) is 5.69 Å². The van der Waals surface area contributed by atoms with Gasteiger partial charge in [0.2, 0.25) is 17.2 Å². The van der Waals surface area contributed by atoms with Crippen molar-refractivity contribution in [2.24, 2.45) is 10.2 Å². The monoisotopic (exact) mass is 485 g/mol. The molecule has 170 valence electrons. The lowest BCUT2D eigenvalue weighted by Crippen LogP contribution is -2.11. The van der Waals surface area contributed by atoms with Crippen molar-refractivity contribution in [1.29, 1.82) is 0 Å². The summed E-state index contributed by atoms with van der Waals surface area (Å²) in [7, 11) is -4.72. The van der Waals surface area contributed by atoms with E-state index in [4.69, 9.17) is 16.7 Å². The van der Waals surface area contributed by atoms with Crippen molar-refractivity contribution in [1.82, 2.24) is 25.1 Å². The zero-order valence-electron chi connectivity index (χ0n) is 16.2. The zero-order chi connectivity index (χ0) is 23.5. The number of aromatic nitrogens is 5. The van der Waals surface area contributed by atoms with E-state index in [1.165, 1.54) is 0 Å². The van der Waals surface area contributed by atoms with Crippen molar-refractivity contribution in [3.05, 3.63) is 33.5 Å². The molecule has 0 radical (unpaired) electrons. The summed E-state index contributed by atoms with van der Waals surface area (Å²) in [5.41, 5.74) is -0.992. The Morgan fingerprint density at radius 3 is 2.50 bits per heavy atom. The van der Waals surface area contributed by atoms with Crippen molar-refractivity contribution in [3.8, 4) is 5.75 Å². The first-order chi connectivity index (χ1) is 15.1. The number of halogens is 1. The highest BCUT2D eigenvalue weighted by atomic mass is 35.5. The van der Waals surface area contributed by atoms with Crippen LogP contribution in [0.2, 0.25) is 5.28 Å². The number of aliphatic hydroxyl groups is 1. The summed E-state index contributed by atoms with van der Waals surface area (Å²) in [5.74, 6) is -0.796. The van der Waals surface area contributed by atoms with Crippen LogP contribution < -0.4 is 16.2 Å². The van der Waals surface area contributed by atoms with Crippen molar-refractivity contribution in [2.45, 2.75) is 11.8 Å². The van der Waals surface area contributed by atoms with Crippen LogP contribution in [0.25, 0.3) is 0 Å². The van der Waals surface area contributed by atoms with E-state index < -0.39 is 26.3 Å². The Balaban J connectivity index is 2.05. The Bertz CT molecular complexity index is 1340. The van der Waals surface area contributed by atoms with E-state index in [-0.39, 0.29) is 47.4 Å². The van der Waals surface area contributed by atoms with E-state index in [1.54, 1.807) is 6.92 Å². The Labute approximate surface area is 184 Å². The maximum absolute atomic E-state index is 11.7. The number of phenols is 1. The van der Waals surface area contributed by atoms with Crippen LogP contribution >= 0.6 is 11.6 Å². The van der Waals surface area contributed by atoms with Gasteiger partial charge in [-0.2, -0.15) is 23.4 Å². The second-order valence-electron chi connectivity index (χ2n) is 6.09. The molecule has 32 heavy (non-hydrogen) atoms. The fourth-order valence-electron chi connectivity index (χ4n) is 2.35. The predicted molar refractivity (Wildman–Crippen MR) is 112 cm³/mol. The first-order valence-electron chi connectivity index (χ1n) is 8.65. The summed E-state index contributed by atoms with van der Waals surface area (Å²) < 4.78 is 32.8. The number of hydrogen-bond donors (Lipinski definition) is 7. The number of aryl methyl sites for hydroxylation is 1. The molecule has 0 unspecified atom stereocenters. The fraction of sp³-hybridized carbons (Fsp3) is 0.200. The number of phenolic OH excluding ortho intramolecular Hbond substituents is 1. The van der Waals surface area contributed by atoms with E-state index in [2.05, 4.69) is 46.0 Å². The lowest BCUT2D eigenvalue weighted by molar-refractivity contribution is 0.311. The number of nitrogens with one attached hydrogen (secondary N) is 4. The summed E-state index contributed by atoms with van der Waals surface area (Å²) in [6.07, 6.45) is 0. The van der Waals surface area contributed by atoms with E-state index in [9.17, 15) is 22.9 Å². The maximum atomic E-state index is 11.7. The number of aromatic hydroxyl groups is 1. The summed E-state index contributed by atoms with van der Waals surface area (Å²) in [5, 5.41) is 36.7. The quantitative estimate of drug-likeness (QED) is 0.137. The molecule has 1 aromatic carbocycles. The predicted octanol–water partition coefficient (Wildman–Crippen LogP) is 1.37. The Morgan fingerprint density at radius 2 is 1.88 bits per heavy atom. The van der Waals surface area contributed by atoms with Crippen molar-refractivity contribution < 1.29 is 23.2 Å². The van der Waals surface area contributed by atoms with E-state index >= 15 is 0 Å². The first-order valence-corrected chi connectivity index (χ1v) is 10.5. The minimum atomic E-state index is -4.72. The third-order valence-electron chi connectivity index (χ3n) is 3.80. The van der Waals surface area contributed by atoms with Crippen molar-refractivity contribution >= 4 is 50.7 Å². The number of anilines is 3. The molecule has 17 heteroatoms. The van der Waals surface area contributed by atoms with Crippen LogP contribution in [0.1, 0.15) is 5.69 Å². The molecule has 3 rings (SSSR count). The first kappa shape index (κ1) is 23.1. The lowest BCUT2D eigenvalue weighted by atomic mass is 10.2. The molecule has 0 saturated heterocycles. The molecule has 0 spiro atoms. The van der Waals surface area contributed by atoms with Crippen molar-refractivity contribution in [3.63, 3.8) is 0 Å². The van der Waals surface area contributed by atoms with Gasteiger partial charge in [0.15, 0.2) is 11.4 Å². The van der Waals surface area contributed by atoms with Crippen molar-refractivity contribution in [2.75, 3.05) is 23.8 Å². The molecule has 2 heterocycles. The molecule has 0 saturated carbocycles. The zero-order valence-corrected chi connectivity index (χ0v) is 17.7. The number of nitrogens with zero attached hydrogens (tertiary/aromatic N) is 5. The summed E-state index contributed by atoms with van der Waals surface area (Å²) in [6, 6.07) is 1.75. The number of aliphatic hydroxyl groups excluding tert-OH is 1. The summed E-state index contributed by atoms with van der Waals surface area (Å²) in [4.78, 5) is 22.7. The highest BCUT2D eigenvalue weighted by Gasteiger charge is 2.19. The molecule has 0 atom stereocenters. The highest BCUT2D eigenvalue weighted by Crippen LogP contribution is 2.39. The average molecular weight is 486 g/mol. The van der Waals surface area contributed by atoms with Crippen LogP contribution in [0.3, 0.4) is 0 Å². The largest absolute Gasteiger partial charge is 0.504 e. The second-order valence-corrected chi connectivity index (χ2v) is 7.85. The molecule has 2 aromatic heterocycles. The number of H-pyrrole nitrogens is 2. The molecule has 0 bridgehead atoms. The van der Waals surface area contributed by atoms with Gasteiger partial charge < -0.3 is 25.9 Å². The SMILES string of the molecule is Cc1[nH][nH]c(=O)c1N=Nc1cc(S(=O)(=O)O)cc(Nc2nc(Cl)nc(NCCO)n2)c1O. The van der Waals surface area contributed by atoms with Crippen LogP contribution in [-0.4, -0.2) is 61.5 Å². The third-order valence-corrected chi connectivity index (χ3v) is 4.80. The normalized spacial score (nSPS) is 11.8. The van der Waals surface area contributed by atoms with Gasteiger partial charge in [0.25, 0.3) is 15.7 Å².